The summed E-state index contributed by atoms with van der Waals surface area (Å²) in [5.74, 6) is 0. The first-order chi connectivity index (χ1) is 7.79. The molecular weight excluding hydrogens is 204 g/mol. The molecule has 0 radical (unpaired) electrons. The second-order valence-corrected chi connectivity index (χ2v) is 4.54. The maximum absolute atomic E-state index is 5.23. The molecule has 4 nitrogen and oxygen atoms in total. The minimum Gasteiger partial charge on any atom is -0.383 e. The van der Waals surface area contributed by atoms with Gasteiger partial charge in [0, 0.05) is 39.4 Å². The molecule has 0 bridgehead atoms. The van der Waals surface area contributed by atoms with Crippen LogP contribution in [0.1, 0.15) is 19.8 Å². The molecule has 2 atom stereocenters. The van der Waals surface area contributed by atoms with Crippen molar-refractivity contribution in [1.29, 1.82) is 0 Å². The van der Waals surface area contributed by atoms with Gasteiger partial charge in [-0.2, -0.15) is 0 Å². The van der Waals surface area contributed by atoms with E-state index in [-0.39, 0.29) is 0 Å². The minimum atomic E-state index is 0.529. The van der Waals surface area contributed by atoms with E-state index in [0.29, 0.717) is 12.1 Å². The average molecular weight is 230 g/mol. The van der Waals surface area contributed by atoms with Crippen molar-refractivity contribution in [3.63, 3.8) is 0 Å². The zero-order valence-corrected chi connectivity index (χ0v) is 10.9. The molecule has 0 aliphatic carbocycles. The highest BCUT2D eigenvalue weighted by molar-refractivity contribution is 4.84. The van der Waals surface area contributed by atoms with Gasteiger partial charge in [-0.05, 0) is 26.3 Å². The fourth-order valence-corrected chi connectivity index (χ4v) is 2.44. The summed E-state index contributed by atoms with van der Waals surface area (Å²) in [6.45, 7) is 7.09. The second kappa shape index (κ2) is 8.01. The normalized spacial score (nSPS) is 23.8. The second-order valence-electron chi connectivity index (χ2n) is 4.54. The van der Waals surface area contributed by atoms with Crippen molar-refractivity contribution in [1.82, 2.24) is 10.2 Å². The molecule has 1 aliphatic rings. The van der Waals surface area contributed by atoms with Gasteiger partial charge in [0.1, 0.15) is 0 Å². The molecule has 0 saturated carbocycles. The number of likely N-dealkylation sites (tertiary alicyclic amines) is 1. The summed E-state index contributed by atoms with van der Waals surface area (Å²) < 4.78 is 10.2. The van der Waals surface area contributed by atoms with Crippen LogP contribution in [-0.2, 0) is 9.47 Å². The third kappa shape index (κ3) is 4.37. The molecule has 0 aromatic heterocycles. The van der Waals surface area contributed by atoms with Crippen molar-refractivity contribution in [2.45, 2.75) is 31.8 Å². The highest BCUT2D eigenvalue weighted by atomic mass is 16.5. The highest BCUT2D eigenvalue weighted by Crippen LogP contribution is 2.19. The molecule has 1 aliphatic heterocycles. The smallest absolute Gasteiger partial charge is 0.0615 e. The predicted octanol–water partition coefficient (Wildman–Crippen LogP) is 0.722. The van der Waals surface area contributed by atoms with Crippen LogP contribution < -0.4 is 5.32 Å². The molecule has 1 N–H and O–H groups in total. The van der Waals surface area contributed by atoms with Crippen molar-refractivity contribution in [2.24, 2.45) is 0 Å². The van der Waals surface area contributed by atoms with Gasteiger partial charge in [0.25, 0.3) is 0 Å². The van der Waals surface area contributed by atoms with E-state index in [2.05, 4.69) is 17.1 Å². The third-order valence-electron chi connectivity index (χ3n) is 3.26. The maximum Gasteiger partial charge on any atom is 0.0615 e. The van der Waals surface area contributed by atoms with E-state index in [1.807, 2.05) is 0 Å². The Labute approximate surface area is 99.3 Å². The first-order valence-electron chi connectivity index (χ1n) is 6.24. The van der Waals surface area contributed by atoms with Crippen molar-refractivity contribution < 1.29 is 9.47 Å². The van der Waals surface area contributed by atoms with Gasteiger partial charge in [-0.15, -0.1) is 0 Å². The van der Waals surface area contributed by atoms with Crippen molar-refractivity contribution in [2.75, 3.05) is 47.1 Å². The SMILES string of the molecule is COCCNCC1CCCN1C(C)COC. The van der Waals surface area contributed by atoms with E-state index in [1.54, 1.807) is 14.2 Å². The fraction of sp³-hybridized carbons (Fsp3) is 1.00. The summed E-state index contributed by atoms with van der Waals surface area (Å²) in [5, 5.41) is 3.45. The first kappa shape index (κ1) is 13.9. The number of nitrogens with zero attached hydrogens (tertiary/aromatic N) is 1. The Morgan fingerprint density at radius 1 is 1.38 bits per heavy atom. The Morgan fingerprint density at radius 3 is 2.88 bits per heavy atom. The summed E-state index contributed by atoms with van der Waals surface area (Å²) in [7, 11) is 3.52. The molecule has 1 heterocycles. The lowest BCUT2D eigenvalue weighted by atomic mass is 10.2. The average Bonchev–Trinajstić information content (AvgIpc) is 2.73. The largest absolute Gasteiger partial charge is 0.383 e. The zero-order valence-electron chi connectivity index (χ0n) is 10.9. The van der Waals surface area contributed by atoms with Gasteiger partial charge >= 0.3 is 0 Å². The topological polar surface area (TPSA) is 33.7 Å². The van der Waals surface area contributed by atoms with Crippen LogP contribution in [0.25, 0.3) is 0 Å². The summed E-state index contributed by atoms with van der Waals surface area (Å²) in [6, 6.07) is 1.20. The van der Waals surface area contributed by atoms with E-state index in [9.17, 15) is 0 Å². The molecular formula is C12H26N2O2. The quantitative estimate of drug-likeness (QED) is 0.623. The lowest BCUT2D eigenvalue weighted by molar-refractivity contribution is 0.0901. The van der Waals surface area contributed by atoms with Gasteiger partial charge in [0.05, 0.1) is 13.2 Å². The maximum atomic E-state index is 5.23. The van der Waals surface area contributed by atoms with Crippen LogP contribution in [0, 0.1) is 0 Å². The number of hydrogen-bond donors (Lipinski definition) is 1. The molecule has 1 saturated heterocycles. The first-order valence-corrected chi connectivity index (χ1v) is 6.24. The van der Waals surface area contributed by atoms with E-state index in [0.717, 1.165) is 26.3 Å². The minimum absolute atomic E-state index is 0.529. The summed E-state index contributed by atoms with van der Waals surface area (Å²) in [6.07, 6.45) is 2.61. The van der Waals surface area contributed by atoms with Gasteiger partial charge in [-0.1, -0.05) is 0 Å². The summed E-state index contributed by atoms with van der Waals surface area (Å²) in [5.41, 5.74) is 0. The molecule has 4 heteroatoms. The molecule has 96 valence electrons. The lowest BCUT2D eigenvalue weighted by Gasteiger charge is -2.30. The summed E-state index contributed by atoms with van der Waals surface area (Å²) >= 11 is 0. The van der Waals surface area contributed by atoms with E-state index >= 15 is 0 Å². The summed E-state index contributed by atoms with van der Waals surface area (Å²) in [4.78, 5) is 2.56. The Morgan fingerprint density at radius 2 is 2.19 bits per heavy atom. The lowest BCUT2D eigenvalue weighted by Crippen LogP contribution is -2.45. The number of nitrogens with one attached hydrogen (secondary N) is 1. The monoisotopic (exact) mass is 230 g/mol. The van der Waals surface area contributed by atoms with Gasteiger partial charge in [0.15, 0.2) is 0 Å². The molecule has 1 rings (SSSR count). The standard InChI is InChI=1S/C12H26N2O2/c1-11(10-16-3)14-7-4-5-12(14)9-13-6-8-15-2/h11-13H,4-10H2,1-3H3. The van der Waals surface area contributed by atoms with E-state index < -0.39 is 0 Å². The van der Waals surface area contributed by atoms with Crippen LogP contribution in [0.4, 0.5) is 0 Å². The molecule has 1 fully saturated rings. The fourth-order valence-electron chi connectivity index (χ4n) is 2.44. The Hall–Kier alpha value is -0.160. The number of ether oxygens (including phenoxy) is 2. The van der Waals surface area contributed by atoms with E-state index in [4.69, 9.17) is 9.47 Å². The van der Waals surface area contributed by atoms with Gasteiger partial charge < -0.3 is 14.8 Å². The molecule has 2 unspecified atom stereocenters. The van der Waals surface area contributed by atoms with Crippen molar-refractivity contribution >= 4 is 0 Å². The molecule has 16 heavy (non-hydrogen) atoms. The van der Waals surface area contributed by atoms with Crippen molar-refractivity contribution in [3.05, 3.63) is 0 Å². The molecule has 0 aromatic carbocycles. The molecule has 0 spiro atoms. The zero-order chi connectivity index (χ0) is 11.8. The molecule has 0 aromatic rings. The highest BCUT2D eigenvalue weighted by Gasteiger charge is 2.27. The van der Waals surface area contributed by atoms with Gasteiger partial charge in [-0.25, -0.2) is 0 Å². The third-order valence-corrected chi connectivity index (χ3v) is 3.26. The van der Waals surface area contributed by atoms with Crippen LogP contribution in [0.3, 0.4) is 0 Å². The Balaban J connectivity index is 2.23. The number of hydrogen-bond acceptors (Lipinski definition) is 4. The molecule has 0 amide bonds. The van der Waals surface area contributed by atoms with Crippen LogP contribution in [0.15, 0.2) is 0 Å². The Kier molecular flexibility index (Phi) is 6.96. The number of methoxy groups -OCH3 is 2. The van der Waals surface area contributed by atoms with Crippen LogP contribution in [-0.4, -0.2) is 64.1 Å². The Bertz CT molecular complexity index is 178. The number of rotatable bonds is 8. The van der Waals surface area contributed by atoms with Gasteiger partial charge in [0.2, 0.25) is 0 Å². The van der Waals surface area contributed by atoms with Crippen molar-refractivity contribution in [3.8, 4) is 0 Å². The van der Waals surface area contributed by atoms with Crippen LogP contribution >= 0.6 is 0 Å². The van der Waals surface area contributed by atoms with E-state index in [1.165, 1.54) is 19.4 Å². The van der Waals surface area contributed by atoms with Gasteiger partial charge in [-0.3, -0.25) is 4.90 Å². The van der Waals surface area contributed by atoms with Crippen LogP contribution in [0.5, 0.6) is 0 Å². The van der Waals surface area contributed by atoms with Crippen LogP contribution in [0.2, 0.25) is 0 Å². The predicted molar refractivity (Wildman–Crippen MR) is 65.8 cm³/mol.